The Bertz CT molecular complexity index is 777. The Balaban J connectivity index is 1.92. The lowest BCUT2D eigenvalue weighted by Gasteiger charge is -2.36. The minimum absolute atomic E-state index is 0.0810. The molecule has 0 amide bonds. The molecule has 2 heterocycles. The van der Waals surface area contributed by atoms with Crippen LogP contribution in [0.4, 0.5) is 0 Å². The third-order valence-electron chi connectivity index (χ3n) is 4.69. The molecular formula is C16H27BrN4O2Si. The quantitative estimate of drug-likeness (QED) is 0.582. The van der Waals surface area contributed by atoms with Crippen molar-refractivity contribution < 1.29 is 4.43 Å². The van der Waals surface area contributed by atoms with Gasteiger partial charge in [-0.1, -0.05) is 20.8 Å². The normalized spacial score (nSPS) is 13.0. The fraction of sp³-hybridized carbons (Fsp3) is 0.625. The van der Waals surface area contributed by atoms with Crippen LogP contribution in [0.25, 0.3) is 5.65 Å². The lowest BCUT2D eigenvalue weighted by atomic mass is 10.2. The van der Waals surface area contributed by atoms with Gasteiger partial charge in [-0.3, -0.25) is 9.48 Å². The van der Waals surface area contributed by atoms with Crippen molar-refractivity contribution in [2.24, 2.45) is 7.05 Å². The molecule has 24 heavy (non-hydrogen) atoms. The summed E-state index contributed by atoms with van der Waals surface area (Å²) in [5.74, 6) is 0. The second-order valence-electron chi connectivity index (χ2n) is 7.53. The molecule has 6 nitrogen and oxygen atoms in total. The van der Waals surface area contributed by atoms with Gasteiger partial charge in [0.25, 0.3) is 5.56 Å². The Hall–Kier alpha value is -0.963. The minimum Gasteiger partial charge on any atom is -0.416 e. The van der Waals surface area contributed by atoms with Crippen molar-refractivity contribution >= 4 is 29.9 Å². The van der Waals surface area contributed by atoms with Crippen LogP contribution < -0.4 is 10.9 Å². The van der Waals surface area contributed by atoms with E-state index in [1.807, 2.05) is 13.1 Å². The molecule has 0 aliphatic rings. The minimum atomic E-state index is -1.70. The first-order valence-corrected chi connectivity index (χ1v) is 11.8. The van der Waals surface area contributed by atoms with Gasteiger partial charge in [-0.2, -0.15) is 4.52 Å². The molecule has 0 fully saturated rings. The van der Waals surface area contributed by atoms with E-state index in [0.29, 0.717) is 18.8 Å². The zero-order chi connectivity index (χ0) is 18.1. The Morgan fingerprint density at radius 2 is 2.00 bits per heavy atom. The summed E-state index contributed by atoms with van der Waals surface area (Å²) >= 11 is 3.41. The Morgan fingerprint density at radius 1 is 1.33 bits per heavy atom. The molecule has 8 heteroatoms. The average Bonchev–Trinajstić information content (AvgIpc) is 2.72. The van der Waals surface area contributed by atoms with Gasteiger partial charge in [0.15, 0.2) is 14.0 Å². The van der Waals surface area contributed by atoms with E-state index in [2.05, 4.69) is 60.1 Å². The molecule has 0 saturated carbocycles. The lowest BCUT2D eigenvalue weighted by Crippen LogP contribution is -2.42. The highest BCUT2D eigenvalue weighted by molar-refractivity contribution is 9.10. The van der Waals surface area contributed by atoms with E-state index in [0.717, 1.165) is 16.8 Å². The van der Waals surface area contributed by atoms with E-state index < -0.39 is 8.32 Å². The first-order valence-electron chi connectivity index (χ1n) is 8.12. The molecule has 0 aliphatic heterocycles. The number of halogens is 1. The fourth-order valence-corrected chi connectivity index (χ4v) is 3.54. The Labute approximate surface area is 152 Å². The molecule has 0 aromatic carbocycles. The molecule has 0 spiro atoms. The SMILES string of the molecule is Cn1c(Br)cc2nc(CNCCO[Si](C)(C)C(C)(C)C)cc(=O)n21. The number of aromatic nitrogens is 3. The number of hydrogen-bond acceptors (Lipinski definition) is 4. The number of nitrogens with zero attached hydrogens (tertiary/aromatic N) is 3. The summed E-state index contributed by atoms with van der Waals surface area (Å²) in [4.78, 5) is 16.7. The molecule has 2 rings (SSSR count). The third-order valence-corrected chi connectivity index (χ3v) is 9.97. The fourth-order valence-electron chi connectivity index (χ4n) is 2.14. The first kappa shape index (κ1) is 19.4. The van der Waals surface area contributed by atoms with Crippen molar-refractivity contribution in [3.63, 3.8) is 0 Å². The maximum absolute atomic E-state index is 12.2. The van der Waals surface area contributed by atoms with Crippen LogP contribution in [0, 0.1) is 0 Å². The standard InChI is InChI=1S/C16H27BrN4O2Si/c1-16(2,3)24(5,6)23-8-7-18-11-12-9-15(22)21-14(19-12)10-13(17)20(21)4/h9-10,18H,7-8,11H2,1-6H3. The summed E-state index contributed by atoms with van der Waals surface area (Å²) < 4.78 is 10.2. The molecule has 0 atom stereocenters. The number of hydrogen-bond donors (Lipinski definition) is 1. The summed E-state index contributed by atoms with van der Waals surface area (Å²) in [5.41, 5.74) is 1.30. The van der Waals surface area contributed by atoms with Crippen LogP contribution in [-0.4, -0.2) is 35.7 Å². The maximum Gasteiger partial charge on any atom is 0.273 e. The van der Waals surface area contributed by atoms with Gasteiger partial charge in [0.1, 0.15) is 4.60 Å². The molecule has 0 bridgehead atoms. The molecule has 2 aromatic rings. The zero-order valence-corrected chi connectivity index (χ0v) is 17.9. The molecule has 2 aromatic heterocycles. The highest BCUT2D eigenvalue weighted by atomic mass is 79.9. The van der Waals surface area contributed by atoms with E-state index in [-0.39, 0.29) is 10.6 Å². The van der Waals surface area contributed by atoms with E-state index in [9.17, 15) is 4.79 Å². The van der Waals surface area contributed by atoms with Crippen molar-refractivity contribution in [1.29, 1.82) is 0 Å². The van der Waals surface area contributed by atoms with Gasteiger partial charge in [-0.05, 0) is 34.1 Å². The van der Waals surface area contributed by atoms with E-state index >= 15 is 0 Å². The van der Waals surface area contributed by atoms with Crippen LogP contribution in [-0.2, 0) is 18.0 Å². The van der Waals surface area contributed by atoms with Crippen LogP contribution in [0.2, 0.25) is 18.1 Å². The smallest absolute Gasteiger partial charge is 0.273 e. The molecular weight excluding hydrogens is 388 g/mol. The number of rotatable bonds is 6. The first-order chi connectivity index (χ1) is 11.0. The van der Waals surface area contributed by atoms with Gasteiger partial charge in [0.05, 0.1) is 5.69 Å². The molecule has 0 aliphatic carbocycles. The Morgan fingerprint density at radius 3 is 2.62 bits per heavy atom. The Kier molecular flexibility index (Phi) is 5.74. The summed E-state index contributed by atoms with van der Waals surface area (Å²) in [6.07, 6.45) is 0. The molecule has 0 unspecified atom stereocenters. The van der Waals surface area contributed by atoms with E-state index in [1.54, 1.807) is 10.7 Å². The second kappa shape index (κ2) is 7.11. The molecule has 0 radical (unpaired) electrons. The topological polar surface area (TPSA) is 60.6 Å². The monoisotopic (exact) mass is 414 g/mol. The highest BCUT2D eigenvalue weighted by Crippen LogP contribution is 2.36. The van der Waals surface area contributed by atoms with Crippen molar-refractivity contribution in [2.75, 3.05) is 13.2 Å². The predicted octanol–water partition coefficient (Wildman–Crippen LogP) is 2.91. The van der Waals surface area contributed by atoms with Gasteiger partial charge in [0, 0.05) is 38.9 Å². The van der Waals surface area contributed by atoms with Crippen LogP contribution >= 0.6 is 15.9 Å². The van der Waals surface area contributed by atoms with E-state index in [4.69, 9.17) is 4.43 Å². The largest absolute Gasteiger partial charge is 0.416 e. The van der Waals surface area contributed by atoms with Gasteiger partial charge in [0.2, 0.25) is 0 Å². The van der Waals surface area contributed by atoms with Crippen LogP contribution in [0.3, 0.4) is 0 Å². The highest BCUT2D eigenvalue weighted by Gasteiger charge is 2.36. The van der Waals surface area contributed by atoms with Crippen molar-refractivity contribution in [2.45, 2.75) is 45.4 Å². The zero-order valence-electron chi connectivity index (χ0n) is 15.3. The van der Waals surface area contributed by atoms with Crippen LogP contribution in [0.5, 0.6) is 0 Å². The van der Waals surface area contributed by atoms with Crippen LogP contribution in [0.1, 0.15) is 26.5 Å². The van der Waals surface area contributed by atoms with Crippen molar-refractivity contribution in [3.8, 4) is 0 Å². The number of fused-ring (bicyclic) bond motifs is 1. The van der Waals surface area contributed by atoms with Gasteiger partial charge < -0.3 is 9.74 Å². The predicted molar refractivity (Wildman–Crippen MR) is 103 cm³/mol. The molecule has 1 N–H and O–H groups in total. The van der Waals surface area contributed by atoms with E-state index in [1.165, 1.54) is 4.52 Å². The summed E-state index contributed by atoms with van der Waals surface area (Å²) in [6, 6.07) is 3.41. The van der Waals surface area contributed by atoms with Crippen molar-refractivity contribution in [3.05, 3.63) is 32.8 Å². The lowest BCUT2D eigenvalue weighted by molar-refractivity contribution is 0.285. The molecule has 0 saturated heterocycles. The maximum atomic E-state index is 12.2. The van der Waals surface area contributed by atoms with Crippen LogP contribution in [0.15, 0.2) is 21.5 Å². The van der Waals surface area contributed by atoms with Crippen molar-refractivity contribution in [1.82, 2.24) is 19.5 Å². The summed E-state index contributed by atoms with van der Waals surface area (Å²) in [6.45, 7) is 13.2. The number of nitrogens with one attached hydrogen (secondary N) is 1. The van der Waals surface area contributed by atoms with Gasteiger partial charge >= 0.3 is 0 Å². The number of aryl methyl sites for hydroxylation is 1. The second-order valence-corrected chi connectivity index (χ2v) is 13.2. The van der Waals surface area contributed by atoms with Gasteiger partial charge in [-0.15, -0.1) is 0 Å². The summed E-state index contributed by atoms with van der Waals surface area (Å²) in [7, 11) is 0.116. The summed E-state index contributed by atoms with van der Waals surface area (Å²) in [5, 5.41) is 3.52. The third kappa shape index (κ3) is 4.16. The molecule has 134 valence electrons. The van der Waals surface area contributed by atoms with Gasteiger partial charge in [-0.25, -0.2) is 4.98 Å². The average molecular weight is 415 g/mol.